The van der Waals surface area contributed by atoms with Gasteiger partial charge in [-0.2, -0.15) is 10.4 Å². The number of carboxylic acid groups (broad SMARTS) is 1. The SMILES string of the molecule is CC/C(=C(/c1ccc(/C=C/C(=O)O)cc1)c1ccc2[nH]ncc2c1)c1ccccc1C#N. The van der Waals surface area contributed by atoms with Crippen LogP contribution in [0.5, 0.6) is 0 Å². The first-order valence-corrected chi connectivity index (χ1v) is 10.3. The lowest BCUT2D eigenvalue weighted by Crippen LogP contribution is -1.97. The lowest BCUT2D eigenvalue weighted by Gasteiger charge is -2.17. The maximum absolute atomic E-state index is 10.8. The molecule has 3 aromatic carbocycles. The van der Waals surface area contributed by atoms with E-state index >= 15 is 0 Å². The predicted molar refractivity (Wildman–Crippen MR) is 127 cm³/mol. The Morgan fingerprint density at radius 3 is 2.56 bits per heavy atom. The van der Waals surface area contributed by atoms with Gasteiger partial charge in [-0.1, -0.05) is 55.5 Å². The van der Waals surface area contributed by atoms with Gasteiger partial charge in [0.25, 0.3) is 0 Å². The van der Waals surface area contributed by atoms with Crippen molar-refractivity contribution in [3.8, 4) is 6.07 Å². The average molecular weight is 419 g/mol. The van der Waals surface area contributed by atoms with Crippen LogP contribution in [0.1, 0.15) is 41.2 Å². The number of carboxylic acids is 1. The van der Waals surface area contributed by atoms with Crippen LogP contribution in [-0.4, -0.2) is 21.3 Å². The van der Waals surface area contributed by atoms with Gasteiger partial charge in [-0.25, -0.2) is 4.79 Å². The molecule has 0 bridgehead atoms. The quantitative estimate of drug-likeness (QED) is 0.301. The Bertz CT molecular complexity index is 1390. The van der Waals surface area contributed by atoms with E-state index in [4.69, 9.17) is 5.11 Å². The van der Waals surface area contributed by atoms with Crippen LogP contribution in [0.25, 0.3) is 28.1 Å². The second-order valence-electron chi connectivity index (χ2n) is 7.33. The number of H-pyrrole nitrogens is 1. The lowest BCUT2D eigenvalue weighted by atomic mass is 9.86. The van der Waals surface area contributed by atoms with Crippen molar-refractivity contribution in [2.24, 2.45) is 0 Å². The van der Waals surface area contributed by atoms with E-state index in [1.165, 1.54) is 0 Å². The summed E-state index contributed by atoms with van der Waals surface area (Å²) in [6, 6.07) is 23.9. The first-order chi connectivity index (χ1) is 15.6. The van der Waals surface area contributed by atoms with Gasteiger partial charge in [-0.15, -0.1) is 0 Å². The van der Waals surface area contributed by atoms with E-state index in [2.05, 4.69) is 35.3 Å². The van der Waals surface area contributed by atoms with Gasteiger partial charge in [0.05, 0.1) is 23.3 Å². The molecule has 0 aliphatic heterocycles. The Balaban J connectivity index is 1.95. The molecule has 0 saturated heterocycles. The molecular weight excluding hydrogens is 398 g/mol. The molecule has 0 amide bonds. The van der Waals surface area contributed by atoms with Crippen LogP contribution in [0.15, 0.2) is 79.0 Å². The zero-order valence-corrected chi connectivity index (χ0v) is 17.5. The molecule has 5 nitrogen and oxygen atoms in total. The number of aromatic amines is 1. The molecule has 5 heteroatoms. The van der Waals surface area contributed by atoms with Crippen molar-refractivity contribution >= 4 is 34.1 Å². The number of benzene rings is 3. The Labute approximate surface area is 186 Å². The number of rotatable bonds is 6. The molecule has 0 aliphatic rings. The number of aliphatic carboxylic acids is 1. The van der Waals surface area contributed by atoms with Crippen molar-refractivity contribution in [1.29, 1.82) is 5.26 Å². The third kappa shape index (κ3) is 4.21. The minimum atomic E-state index is -0.982. The van der Waals surface area contributed by atoms with Gasteiger partial charge in [0.15, 0.2) is 0 Å². The number of allylic oxidation sites excluding steroid dienone is 1. The lowest BCUT2D eigenvalue weighted by molar-refractivity contribution is -0.131. The molecule has 0 radical (unpaired) electrons. The third-order valence-electron chi connectivity index (χ3n) is 5.37. The summed E-state index contributed by atoms with van der Waals surface area (Å²) in [5.41, 5.74) is 7.42. The van der Waals surface area contributed by atoms with Crippen LogP contribution in [0.4, 0.5) is 0 Å². The molecular formula is C27H21N3O2. The second kappa shape index (κ2) is 9.15. The van der Waals surface area contributed by atoms with Gasteiger partial charge in [-0.3, -0.25) is 5.10 Å². The number of fused-ring (bicyclic) bond motifs is 1. The fourth-order valence-electron chi connectivity index (χ4n) is 3.89. The van der Waals surface area contributed by atoms with E-state index in [1.54, 1.807) is 12.3 Å². The highest BCUT2D eigenvalue weighted by Crippen LogP contribution is 2.36. The van der Waals surface area contributed by atoms with Gasteiger partial charge in [0.1, 0.15) is 0 Å². The molecule has 32 heavy (non-hydrogen) atoms. The minimum Gasteiger partial charge on any atom is -0.478 e. The number of hydrogen-bond acceptors (Lipinski definition) is 3. The Morgan fingerprint density at radius 2 is 1.84 bits per heavy atom. The van der Waals surface area contributed by atoms with E-state index in [-0.39, 0.29) is 0 Å². The maximum Gasteiger partial charge on any atom is 0.328 e. The van der Waals surface area contributed by atoms with Crippen LogP contribution in [0.2, 0.25) is 0 Å². The summed E-state index contributed by atoms with van der Waals surface area (Å²) in [5.74, 6) is -0.982. The van der Waals surface area contributed by atoms with E-state index in [0.29, 0.717) is 5.56 Å². The minimum absolute atomic E-state index is 0.632. The Morgan fingerprint density at radius 1 is 1.09 bits per heavy atom. The Kier molecular flexibility index (Phi) is 5.96. The van der Waals surface area contributed by atoms with E-state index in [0.717, 1.165) is 56.8 Å². The monoisotopic (exact) mass is 419 g/mol. The number of hydrogen-bond donors (Lipinski definition) is 2. The summed E-state index contributed by atoms with van der Waals surface area (Å²) in [6.45, 7) is 2.09. The predicted octanol–water partition coefficient (Wildman–Crippen LogP) is 5.90. The normalized spacial score (nSPS) is 12.0. The Hall–Kier alpha value is -4.43. The standard InChI is InChI=1S/C27H21N3O2/c1-2-23(24-6-4-3-5-21(24)16-28)27(20-12-13-25-22(15-20)17-29-30-25)19-10-7-18(8-11-19)9-14-26(31)32/h3-15,17H,2H2,1H3,(H,29,30)(H,31,32)/b14-9+,27-23+. The highest BCUT2D eigenvalue weighted by molar-refractivity contribution is 6.01. The number of nitriles is 1. The molecule has 1 heterocycles. The van der Waals surface area contributed by atoms with Crippen LogP contribution in [0.3, 0.4) is 0 Å². The molecule has 4 rings (SSSR count). The van der Waals surface area contributed by atoms with Gasteiger partial charge >= 0.3 is 5.97 Å². The van der Waals surface area contributed by atoms with Crippen LogP contribution in [-0.2, 0) is 4.79 Å². The van der Waals surface area contributed by atoms with Crippen LogP contribution >= 0.6 is 0 Å². The fourth-order valence-corrected chi connectivity index (χ4v) is 3.89. The van der Waals surface area contributed by atoms with E-state index in [9.17, 15) is 10.1 Å². The molecule has 2 N–H and O–H groups in total. The fraction of sp³-hybridized carbons (Fsp3) is 0.0741. The van der Waals surface area contributed by atoms with Crippen molar-refractivity contribution < 1.29 is 9.90 Å². The molecule has 4 aromatic rings. The second-order valence-corrected chi connectivity index (χ2v) is 7.33. The largest absolute Gasteiger partial charge is 0.478 e. The summed E-state index contributed by atoms with van der Waals surface area (Å²) in [5, 5.41) is 26.7. The first-order valence-electron chi connectivity index (χ1n) is 10.3. The molecule has 0 atom stereocenters. The van der Waals surface area contributed by atoms with E-state index in [1.807, 2.05) is 54.6 Å². The number of nitrogens with zero attached hydrogens (tertiary/aromatic N) is 2. The maximum atomic E-state index is 10.8. The molecule has 0 unspecified atom stereocenters. The van der Waals surface area contributed by atoms with Crippen LogP contribution in [0, 0.1) is 11.3 Å². The summed E-state index contributed by atoms with van der Waals surface area (Å²) in [6.07, 6.45) is 5.22. The van der Waals surface area contributed by atoms with Crippen molar-refractivity contribution in [2.75, 3.05) is 0 Å². The molecule has 0 saturated carbocycles. The molecule has 0 aliphatic carbocycles. The average Bonchev–Trinajstić information content (AvgIpc) is 3.29. The zero-order chi connectivity index (χ0) is 22.5. The summed E-state index contributed by atoms with van der Waals surface area (Å²) in [4.78, 5) is 10.8. The van der Waals surface area contributed by atoms with Crippen molar-refractivity contribution in [3.05, 3.63) is 107 Å². The smallest absolute Gasteiger partial charge is 0.328 e. The summed E-state index contributed by atoms with van der Waals surface area (Å²) in [7, 11) is 0. The van der Waals surface area contributed by atoms with E-state index < -0.39 is 5.97 Å². The topological polar surface area (TPSA) is 89.8 Å². The number of carbonyl (C=O) groups is 1. The number of nitrogens with one attached hydrogen (secondary N) is 1. The van der Waals surface area contributed by atoms with Crippen molar-refractivity contribution in [1.82, 2.24) is 10.2 Å². The van der Waals surface area contributed by atoms with Crippen molar-refractivity contribution in [3.63, 3.8) is 0 Å². The summed E-state index contributed by atoms with van der Waals surface area (Å²) >= 11 is 0. The molecule has 0 spiro atoms. The highest BCUT2D eigenvalue weighted by Gasteiger charge is 2.16. The van der Waals surface area contributed by atoms with Gasteiger partial charge in [-0.05, 0) is 64.1 Å². The highest BCUT2D eigenvalue weighted by atomic mass is 16.4. The molecule has 0 fully saturated rings. The number of aromatic nitrogens is 2. The van der Waals surface area contributed by atoms with Crippen molar-refractivity contribution in [2.45, 2.75) is 13.3 Å². The molecule has 156 valence electrons. The van der Waals surface area contributed by atoms with Gasteiger partial charge in [0.2, 0.25) is 0 Å². The molecule has 1 aromatic heterocycles. The van der Waals surface area contributed by atoms with Gasteiger partial charge in [0, 0.05) is 11.5 Å². The van der Waals surface area contributed by atoms with Gasteiger partial charge < -0.3 is 5.11 Å². The van der Waals surface area contributed by atoms with Crippen LogP contribution < -0.4 is 0 Å². The first kappa shape index (κ1) is 20.8. The zero-order valence-electron chi connectivity index (χ0n) is 17.5. The summed E-state index contributed by atoms with van der Waals surface area (Å²) < 4.78 is 0. The third-order valence-corrected chi connectivity index (χ3v) is 5.37.